The summed E-state index contributed by atoms with van der Waals surface area (Å²) in [5.74, 6) is 0.850. The third kappa shape index (κ3) is 4.86. The molecule has 152 valence electrons. The standard InChI is InChI=1S/C22H31N3O3/c1-15-10-18(11-16(2)20(15)26)19-12-23-25(14-19)13-17-6-8-24(9-7-17)21(27)28-22(3,4)5/h10-12,14,17,26H,6-9,13H2,1-5H3. The van der Waals surface area contributed by atoms with Gasteiger partial charge in [0.25, 0.3) is 0 Å². The van der Waals surface area contributed by atoms with E-state index < -0.39 is 5.60 Å². The summed E-state index contributed by atoms with van der Waals surface area (Å²) in [5, 5.41) is 14.5. The number of amides is 1. The Kier molecular flexibility index (Phi) is 5.68. The van der Waals surface area contributed by atoms with Gasteiger partial charge in [0.05, 0.1) is 6.20 Å². The number of likely N-dealkylation sites (tertiary alicyclic amines) is 1. The van der Waals surface area contributed by atoms with Crippen molar-refractivity contribution in [2.75, 3.05) is 13.1 Å². The molecule has 28 heavy (non-hydrogen) atoms. The van der Waals surface area contributed by atoms with Gasteiger partial charge in [0.15, 0.2) is 0 Å². The summed E-state index contributed by atoms with van der Waals surface area (Å²) >= 11 is 0. The lowest BCUT2D eigenvalue weighted by atomic mass is 9.97. The van der Waals surface area contributed by atoms with Gasteiger partial charge in [0, 0.05) is 31.4 Å². The number of aromatic nitrogens is 2. The monoisotopic (exact) mass is 385 g/mol. The summed E-state index contributed by atoms with van der Waals surface area (Å²) in [7, 11) is 0. The first-order valence-corrected chi connectivity index (χ1v) is 9.93. The van der Waals surface area contributed by atoms with E-state index in [2.05, 4.69) is 11.3 Å². The lowest BCUT2D eigenvalue weighted by Crippen LogP contribution is -2.42. The summed E-state index contributed by atoms with van der Waals surface area (Å²) in [5.41, 5.74) is 3.41. The van der Waals surface area contributed by atoms with Crippen LogP contribution in [-0.4, -0.2) is 44.6 Å². The van der Waals surface area contributed by atoms with Gasteiger partial charge < -0.3 is 14.7 Å². The number of benzene rings is 1. The number of phenolic OH excluding ortho intramolecular Hbond substituents is 1. The number of piperidine rings is 1. The predicted octanol–water partition coefficient (Wildman–Crippen LogP) is 4.52. The fraction of sp³-hybridized carbons (Fsp3) is 0.545. The highest BCUT2D eigenvalue weighted by atomic mass is 16.6. The first-order chi connectivity index (χ1) is 13.1. The predicted molar refractivity (Wildman–Crippen MR) is 109 cm³/mol. The minimum absolute atomic E-state index is 0.217. The summed E-state index contributed by atoms with van der Waals surface area (Å²) in [6, 6.07) is 3.98. The zero-order chi connectivity index (χ0) is 20.5. The molecule has 2 heterocycles. The van der Waals surface area contributed by atoms with E-state index in [9.17, 15) is 9.90 Å². The Hall–Kier alpha value is -2.50. The van der Waals surface area contributed by atoms with E-state index in [0.29, 0.717) is 11.7 Å². The zero-order valence-corrected chi connectivity index (χ0v) is 17.5. The molecule has 1 aromatic carbocycles. The molecule has 0 radical (unpaired) electrons. The van der Waals surface area contributed by atoms with Gasteiger partial charge in [-0.05, 0) is 82.2 Å². The second-order valence-corrected chi connectivity index (χ2v) is 8.82. The Bertz CT molecular complexity index is 820. The maximum Gasteiger partial charge on any atom is 0.410 e. The Morgan fingerprint density at radius 1 is 1.18 bits per heavy atom. The number of rotatable bonds is 3. The number of nitrogens with zero attached hydrogens (tertiary/aromatic N) is 3. The maximum absolute atomic E-state index is 12.2. The van der Waals surface area contributed by atoms with Crippen LogP contribution < -0.4 is 0 Å². The van der Waals surface area contributed by atoms with Crippen molar-refractivity contribution in [2.45, 2.75) is 59.6 Å². The average molecular weight is 386 g/mol. The molecule has 6 nitrogen and oxygen atoms in total. The molecule has 0 bridgehead atoms. The maximum atomic E-state index is 12.2. The van der Waals surface area contributed by atoms with Crippen LogP contribution in [0.15, 0.2) is 24.5 Å². The molecule has 1 aromatic heterocycles. The lowest BCUT2D eigenvalue weighted by Gasteiger charge is -2.33. The zero-order valence-electron chi connectivity index (χ0n) is 17.5. The third-order valence-corrected chi connectivity index (χ3v) is 5.17. The van der Waals surface area contributed by atoms with E-state index in [0.717, 1.165) is 54.7 Å². The van der Waals surface area contributed by atoms with Crippen LogP contribution in [0.25, 0.3) is 11.1 Å². The fourth-order valence-corrected chi connectivity index (χ4v) is 3.62. The second-order valence-electron chi connectivity index (χ2n) is 8.82. The van der Waals surface area contributed by atoms with Crippen molar-refractivity contribution in [3.05, 3.63) is 35.7 Å². The lowest BCUT2D eigenvalue weighted by molar-refractivity contribution is 0.0177. The van der Waals surface area contributed by atoms with E-state index in [1.165, 1.54) is 0 Å². The van der Waals surface area contributed by atoms with E-state index in [4.69, 9.17) is 4.74 Å². The summed E-state index contributed by atoms with van der Waals surface area (Å²) < 4.78 is 7.45. The number of aryl methyl sites for hydroxylation is 2. The first kappa shape index (κ1) is 20.2. The summed E-state index contributed by atoms with van der Waals surface area (Å²) in [4.78, 5) is 14.0. The topological polar surface area (TPSA) is 67.6 Å². The molecule has 1 amide bonds. The molecule has 0 spiro atoms. The van der Waals surface area contributed by atoms with Crippen molar-refractivity contribution < 1.29 is 14.6 Å². The number of ether oxygens (including phenoxy) is 1. The Labute approximate surface area is 167 Å². The van der Waals surface area contributed by atoms with Crippen LogP contribution >= 0.6 is 0 Å². The molecule has 1 saturated heterocycles. The molecular formula is C22H31N3O3. The quantitative estimate of drug-likeness (QED) is 0.843. The molecule has 2 aromatic rings. The van der Waals surface area contributed by atoms with Crippen molar-refractivity contribution in [3.8, 4) is 16.9 Å². The molecule has 1 N–H and O–H groups in total. The molecule has 0 saturated carbocycles. The molecule has 0 unspecified atom stereocenters. The van der Waals surface area contributed by atoms with Crippen LogP contribution in [0.2, 0.25) is 0 Å². The summed E-state index contributed by atoms with van der Waals surface area (Å²) in [6.45, 7) is 11.8. The number of hydrogen-bond donors (Lipinski definition) is 1. The van der Waals surface area contributed by atoms with Gasteiger partial charge in [0.2, 0.25) is 0 Å². The molecule has 0 aliphatic carbocycles. The Balaban J connectivity index is 1.58. The Morgan fingerprint density at radius 3 is 2.36 bits per heavy atom. The van der Waals surface area contributed by atoms with Crippen LogP contribution in [0.1, 0.15) is 44.7 Å². The van der Waals surface area contributed by atoms with Gasteiger partial charge in [-0.1, -0.05) is 0 Å². The van der Waals surface area contributed by atoms with E-state index in [-0.39, 0.29) is 6.09 Å². The highest BCUT2D eigenvalue weighted by Crippen LogP contribution is 2.29. The van der Waals surface area contributed by atoms with Gasteiger partial charge in [-0.2, -0.15) is 5.10 Å². The highest BCUT2D eigenvalue weighted by molar-refractivity contribution is 5.68. The average Bonchev–Trinajstić information content (AvgIpc) is 3.07. The molecule has 1 aliphatic heterocycles. The number of carbonyl (C=O) groups excluding carboxylic acids is 1. The SMILES string of the molecule is Cc1cc(-c2cnn(CC3CCN(C(=O)OC(C)(C)C)CC3)c2)cc(C)c1O. The smallest absolute Gasteiger partial charge is 0.410 e. The van der Waals surface area contributed by atoms with E-state index in [1.807, 2.05) is 57.6 Å². The molecule has 1 aliphatic rings. The van der Waals surface area contributed by atoms with Crippen molar-refractivity contribution in [1.82, 2.24) is 14.7 Å². The van der Waals surface area contributed by atoms with Crippen LogP contribution in [-0.2, 0) is 11.3 Å². The van der Waals surface area contributed by atoms with Gasteiger partial charge >= 0.3 is 6.09 Å². The minimum atomic E-state index is -0.454. The van der Waals surface area contributed by atoms with Crippen molar-refractivity contribution in [3.63, 3.8) is 0 Å². The normalized spacial score (nSPS) is 15.7. The van der Waals surface area contributed by atoms with Crippen LogP contribution in [0.5, 0.6) is 5.75 Å². The molecule has 1 fully saturated rings. The second kappa shape index (κ2) is 7.86. The molecule has 6 heteroatoms. The molecule has 3 rings (SSSR count). The van der Waals surface area contributed by atoms with Crippen LogP contribution in [0, 0.1) is 19.8 Å². The van der Waals surface area contributed by atoms with Crippen LogP contribution in [0.4, 0.5) is 4.79 Å². The van der Waals surface area contributed by atoms with Crippen molar-refractivity contribution in [2.24, 2.45) is 5.92 Å². The number of aromatic hydroxyl groups is 1. The fourth-order valence-electron chi connectivity index (χ4n) is 3.62. The minimum Gasteiger partial charge on any atom is -0.507 e. The van der Waals surface area contributed by atoms with E-state index >= 15 is 0 Å². The number of carbonyl (C=O) groups is 1. The number of hydrogen-bond acceptors (Lipinski definition) is 4. The largest absolute Gasteiger partial charge is 0.507 e. The Morgan fingerprint density at radius 2 is 1.79 bits per heavy atom. The summed E-state index contributed by atoms with van der Waals surface area (Å²) in [6.07, 6.45) is 5.62. The highest BCUT2D eigenvalue weighted by Gasteiger charge is 2.27. The van der Waals surface area contributed by atoms with E-state index in [1.54, 1.807) is 4.90 Å². The number of phenols is 1. The van der Waals surface area contributed by atoms with Gasteiger partial charge in [-0.25, -0.2) is 4.79 Å². The van der Waals surface area contributed by atoms with Gasteiger partial charge in [-0.15, -0.1) is 0 Å². The first-order valence-electron chi connectivity index (χ1n) is 9.93. The third-order valence-electron chi connectivity index (χ3n) is 5.17. The van der Waals surface area contributed by atoms with Gasteiger partial charge in [-0.3, -0.25) is 4.68 Å². The van der Waals surface area contributed by atoms with Crippen molar-refractivity contribution in [1.29, 1.82) is 0 Å². The van der Waals surface area contributed by atoms with Crippen molar-refractivity contribution >= 4 is 6.09 Å². The molecule has 0 atom stereocenters. The molecular weight excluding hydrogens is 354 g/mol. The van der Waals surface area contributed by atoms with Crippen LogP contribution in [0.3, 0.4) is 0 Å². The van der Waals surface area contributed by atoms with Gasteiger partial charge in [0.1, 0.15) is 11.4 Å².